The molecule has 0 fully saturated rings. The molecular formula is C19H21F3. The van der Waals surface area contributed by atoms with Crippen molar-refractivity contribution in [2.75, 3.05) is 0 Å². The van der Waals surface area contributed by atoms with Gasteiger partial charge in [-0.05, 0) is 36.6 Å². The van der Waals surface area contributed by atoms with Crippen LogP contribution < -0.4 is 0 Å². The van der Waals surface area contributed by atoms with Crippen molar-refractivity contribution in [2.45, 2.75) is 33.9 Å². The number of benzene rings is 2. The number of hydrogen-bond donors (Lipinski definition) is 0. The fourth-order valence-electron chi connectivity index (χ4n) is 2.03. The van der Waals surface area contributed by atoms with Gasteiger partial charge in [0, 0.05) is 0 Å². The fraction of sp³-hybridized carbons (Fsp3) is 0.263. The molecule has 118 valence electrons. The van der Waals surface area contributed by atoms with Gasteiger partial charge >= 0.3 is 6.18 Å². The molecule has 0 amide bonds. The molecule has 0 radical (unpaired) electrons. The van der Waals surface area contributed by atoms with Gasteiger partial charge in [0.2, 0.25) is 0 Å². The molecule has 0 unspecified atom stereocenters. The molecule has 3 heteroatoms. The van der Waals surface area contributed by atoms with Gasteiger partial charge in [-0.1, -0.05) is 68.0 Å². The van der Waals surface area contributed by atoms with Crippen LogP contribution >= 0.6 is 0 Å². The Morgan fingerprint density at radius 1 is 0.955 bits per heavy atom. The Hall–Kier alpha value is -2.03. The van der Waals surface area contributed by atoms with Gasteiger partial charge in [0.25, 0.3) is 0 Å². The Labute approximate surface area is 130 Å². The summed E-state index contributed by atoms with van der Waals surface area (Å²) in [7, 11) is 0. The molecule has 0 spiro atoms. The Balaban J connectivity index is 0.00000116. The van der Waals surface area contributed by atoms with Crippen LogP contribution in [-0.2, 0) is 6.18 Å². The molecule has 0 aliphatic heterocycles. The Morgan fingerprint density at radius 2 is 1.50 bits per heavy atom. The minimum Gasteiger partial charge on any atom is -0.166 e. The van der Waals surface area contributed by atoms with Gasteiger partial charge in [0.05, 0.1) is 5.56 Å². The van der Waals surface area contributed by atoms with Gasteiger partial charge in [-0.2, -0.15) is 13.2 Å². The van der Waals surface area contributed by atoms with Crippen LogP contribution in [0.25, 0.3) is 16.7 Å². The molecule has 0 aliphatic rings. The Bertz CT molecular complexity index is 635. The van der Waals surface area contributed by atoms with Crippen LogP contribution in [0.2, 0.25) is 0 Å². The van der Waals surface area contributed by atoms with E-state index in [1.165, 1.54) is 6.07 Å². The average Bonchev–Trinajstić information content (AvgIpc) is 2.48. The molecule has 0 bridgehead atoms. The Morgan fingerprint density at radius 3 is 1.95 bits per heavy atom. The molecule has 0 heterocycles. The first-order valence-corrected chi connectivity index (χ1v) is 7.23. The van der Waals surface area contributed by atoms with E-state index in [1.807, 2.05) is 32.9 Å². The predicted octanol–water partition coefficient (Wildman–Crippen LogP) is 6.74. The molecule has 2 aromatic carbocycles. The summed E-state index contributed by atoms with van der Waals surface area (Å²) < 4.78 is 39.7. The number of hydrogen-bond acceptors (Lipinski definition) is 0. The van der Waals surface area contributed by atoms with Crippen molar-refractivity contribution in [1.82, 2.24) is 0 Å². The molecule has 0 aromatic heterocycles. The van der Waals surface area contributed by atoms with Crippen molar-refractivity contribution in [2.24, 2.45) is 0 Å². The first-order chi connectivity index (χ1) is 10.3. The summed E-state index contributed by atoms with van der Waals surface area (Å²) in [6.45, 7) is 11.3. The maximum atomic E-state index is 13.2. The molecule has 22 heavy (non-hydrogen) atoms. The second kappa shape index (κ2) is 7.30. The molecule has 2 aromatic rings. The van der Waals surface area contributed by atoms with Crippen LogP contribution in [0.4, 0.5) is 13.2 Å². The first kappa shape index (κ1) is 18.0. The second-order valence-corrected chi connectivity index (χ2v) is 4.90. The van der Waals surface area contributed by atoms with E-state index in [9.17, 15) is 13.2 Å². The molecule has 2 rings (SSSR count). The summed E-state index contributed by atoms with van der Waals surface area (Å²) in [5.74, 6) is 0. The fourth-order valence-corrected chi connectivity index (χ4v) is 2.03. The predicted molar refractivity (Wildman–Crippen MR) is 87.7 cm³/mol. The first-order valence-electron chi connectivity index (χ1n) is 7.23. The molecule has 0 N–H and O–H groups in total. The van der Waals surface area contributed by atoms with E-state index in [1.54, 1.807) is 25.1 Å². The van der Waals surface area contributed by atoms with Gasteiger partial charge in [0.1, 0.15) is 0 Å². The van der Waals surface area contributed by atoms with Crippen LogP contribution in [0.15, 0.2) is 49.0 Å². The van der Waals surface area contributed by atoms with E-state index in [4.69, 9.17) is 0 Å². The quantitative estimate of drug-likeness (QED) is 0.576. The molecule has 0 saturated carbocycles. The molecule has 0 saturated heterocycles. The normalized spacial score (nSPS) is 10.7. The lowest BCUT2D eigenvalue weighted by Gasteiger charge is -2.15. The topological polar surface area (TPSA) is 0 Å². The lowest BCUT2D eigenvalue weighted by molar-refractivity contribution is -0.137. The number of allylic oxidation sites excluding steroid dienone is 1. The third-order valence-corrected chi connectivity index (χ3v) is 3.18. The molecule has 0 nitrogen and oxygen atoms in total. The smallest absolute Gasteiger partial charge is 0.166 e. The Kier molecular flexibility index (Phi) is 5.98. The van der Waals surface area contributed by atoms with Crippen LogP contribution in [0.1, 0.15) is 37.5 Å². The summed E-state index contributed by atoms with van der Waals surface area (Å²) >= 11 is 0. The third-order valence-electron chi connectivity index (χ3n) is 3.18. The summed E-state index contributed by atoms with van der Waals surface area (Å²) in [6.07, 6.45) is -4.38. The summed E-state index contributed by atoms with van der Waals surface area (Å²) in [5.41, 5.74) is 2.28. The van der Waals surface area contributed by atoms with E-state index < -0.39 is 11.7 Å². The van der Waals surface area contributed by atoms with Crippen LogP contribution in [0.3, 0.4) is 0 Å². The summed E-state index contributed by atoms with van der Waals surface area (Å²) in [4.78, 5) is 0. The molecule has 0 aliphatic carbocycles. The summed E-state index contributed by atoms with van der Waals surface area (Å²) in [5, 5.41) is 0. The van der Waals surface area contributed by atoms with Crippen molar-refractivity contribution in [3.05, 3.63) is 65.7 Å². The van der Waals surface area contributed by atoms with E-state index in [2.05, 4.69) is 6.58 Å². The van der Waals surface area contributed by atoms with E-state index in [0.717, 1.165) is 11.6 Å². The minimum absolute atomic E-state index is 0.197. The highest BCUT2D eigenvalue weighted by Gasteiger charge is 2.33. The third kappa shape index (κ3) is 4.23. The van der Waals surface area contributed by atoms with E-state index >= 15 is 0 Å². The zero-order valence-electron chi connectivity index (χ0n) is 13.4. The SMILES string of the molecule is C=C(C)c1ccc(-c2ccc(C)cc2)c(C(F)(F)F)c1.CC. The monoisotopic (exact) mass is 306 g/mol. The maximum Gasteiger partial charge on any atom is 0.417 e. The van der Waals surface area contributed by atoms with Crippen LogP contribution in [-0.4, -0.2) is 0 Å². The zero-order chi connectivity index (χ0) is 16.9. The van der Waals surface area contributed by atoms with Gasteiger partial charge in [-0.25, -0.2) is 0 Å². The number of aryl methyl sites for hydroxylation is 1. The van der Waals surface area contributed by atoms with Crippen LogP contribution in [0.5, 0.6) is 0 Å². The van der Waals surface area contributed by atoms with Crippen molar-refractivity contribution < 1.29 is 13.2 Å². The number of alkyl halides is 3. The van der Waals surface area contributed by atoms with Crippen molar-refractivity contribution in [3.8, 4) is 11.1 Å². The van der Waals surface area contributed by atoms with Crippen LogP contribution in [0, 0.1) is 6.92 Å². The highest BCUT2D eigenvalue weighted by molar-refractivity contribution is 5.72. The van der Waals surface area contributed by atoms with E-state index in [-0.39, 0.29) is 5.56 Å². The summed E-state index contributed by atoms with van der Waals surface area (Å²) in [6, 6.07) is 11.4. The van der Waals surface area contributed by atoms with Crippen molar-refractivity contribution >= 4 is 5.57 Å². The maximum absolute atomic E-state index is 13.2. The molecule has 0 atom stereocenters. The highest BCUT2D eigenvalue weighted by Crippen LogP contribution is 2.38. The largest absolute Gasteiger partial charge is 0.417 e. The van der Waals surface area contributed by atoms with Crippen molar-refractivity contribution in [1.29, 1.82) is 0 Å². The minimum atomic E-state index is -4.38. The van der Waals surface area contributed by atoms with Crippen molar-refractivity contribution in [3.63, 3.8) is 0 Å². The second-order valence-electron chi connectivity index (χ2n) is 4.90. The average molecular weight is 306 g/mol. The standard InChI is InChI=1S/C17H15F3.C2H6/c1-11(2)14-8-9-15(16(10-14)17(18,19)20)13-6-4-12(3)5-7-13;1-2/h4-10H,1H2,2-3H3;1-2H3. The van der Waals surface area contributed by atoms with Gasteiger partial charge in [-0.3, -0.25) is 0 Å². The van der Waals surface area contributed by atoms with Gasteiger partial charge in [0.15, 0.2) is 0 Å². The highest BCUT2D eigenvalue weighted by atomic mass is 19.4. The number of halogens is 3. The zero-order valence-corrected chi connectivity index (χ0v) is 13.4. The van der Waals surface area contributed by atoms with Gasteiger partial charge in [-0.15, -0.1) is 0 Å². The lowest BCUT2D eigenvalue weighted by Crippen LogP contribution is -2.07. The lowest BCUT2D eigenvalue weighted by atomic mass is 9.95. The van der Waals surface area contributed by atoms with Gasteiger partial charge < -0.3 is 0 Å². The van der Waals surface area contributed by atoms with E-state index in [0.29, 0.717) is 16.7 Å². The number of rotatable bonds is 2. The molecular weight excluding hydrogens is 285 g/mol.